The molecule has 1 aliphatic rings. The summed E-state index contributed by atoms with van der Waals surface area (Å²) in [6.07, 6.45) is 4.42. The fourth-order valence-corrected chi connectivity index (χ4v) is 4.63. The SMILES string of the molecule is CCCCS(=O)(=O)NC1CCN(C(=O)c2ccc3nc[nH]c3c2)CC1. The topological polar surface area (TPSA) is 95.2 Å². The Morgan fingerprint density at radius 2 is 2.12 bits per heavy atom. The van der Waals surface area contributed by atoms with E-state index in [0.29, 0.717) is 37.9 Å². The van der Waals surface area contributed by atoms with E-state index in [4.69, 9.17) is 0 Å². The van der Waals surface area contributed by atoms with Crippen LogP contribution >= 0.6 is 0 Å². The van der Waals surface area contributed by atoms with Crippen LogP contribution in [0.2, 0.25) is 0 Å². The van der Waals surface area contributed by atoms with Crippen LogP contribution < -0.4 is 4.72 Å². The number of benzene rings is 1. The van der Waals surface area contributed by atoms with Crippen LogP contribution in [0.25, 0.3) is 11.0 Å². The van der Waals surface area contributed by atoms with E-state index in [9.17, 15) is 13.2 Å². The number of hydrogen-bond donors (Lipinski definition) is 2. The number of piperidine rings is 1. The number of carbonyl (C=O) groups is 1. The Bertz CT molecular complexity index is 838. The normalized spacial score (nSPS) is 16.4. The van der Waals surface area contributed by atoms with Crippen LogP contribution in [-0.4, -0.2) is 54.1 Å². The molecule has 7 nitrogen and oxygen atoms in total. The minimum Gasteiger partial charge on any atom is -0.345 e. The second-order valence-corrected chi connectivity index (χ2v) is 8.36. The Labute approximate surface area is 147 Å². The van der Waals surface area contributed by atoms with Gasteiger partial charge in [0.25, 0.3) is 5.91 Å². The third-order valence-electron chi connectivity index (χ3n) is 4.56. The lowest BCUT2D eigenvalue weighted by Gasteiger charge is -2.32. The van der Waals surface area contributed by atoms with Crippen molar-refractivity contribution in [2.75, 3.05) is 18.8 Å². The minimum atomic E-state index is -3.22. The number of rotatable bonds is 6. The van der Waals surface area contributed by atoms with Crippen LogP contribution in [0, 0.1) is 0 Å². The minimum absolute atomic E-state index is 0.0243. The molecule has 8 heteroatoms. The molecule has 3 rings (SSSR count). The zero-order valence-electron chi connectivity index (χ0n) is 14.4. The molecule has 0 radical (unpaired) electrons. The number of nitrogens with zero attached hydrogens (tertiary/aromatic N) is 2. The molecule has 2 heterocycles. The number of fused-ring (bicyclic) bond motifs is 1. The van der Waals surface area contributed by atoms with Gasteiger partial charge in [-0.3, -0.25) is 4.79 Å². The van der Waals surface area contributed by atoms with Crippen molar-refractivity contribution in [3.05, 3.63) is 30.1 Å². The summed E-state index contributed by atoms with van der Waals surface area (Å²) in [6, 6.07) is 5.34. The van der Waals surface area contributed by atoms with Crippen molar-refractivity contribution in [2.45, 2.75) is 38.6 Å². The van der Waals surface area contributed by atoms with E-state index in [1.165, 1.54) is 0 Å². The summed E-state index contributed by atoms with van der Waals surface area (Å²) >= 11 is 0. The van der Waals surface area contributed by atoms with Gasteiger partial charge in [-0.2, -0.15) is 0 Å². The van der Waals surface area contributed by atoms with Crippen molar-refractivity contribution in [1.82, 2.24) is 19.6 Å². The molecule has 1 amide bonds. The smallest absolute Gasteiger partial charge is 0.253 e. The quantitative estimate of drug-likeness (QED) is 0.818. The van der Waals surface area contributed by atoms with E-state index >= 15 is 0 Å². The Balaban J connectivity index is 1.57. The molecule has 25 heavy (non-hydrogen) atoms. The molecule has 0 bridgehead atoms. The first kappa shape index (κ1) is 17.9. The van der Waals surface area contributed by atoms with Crippen LogP contribution in [0.1, 0.15) is 43.0 Å². The summed E-state index contributed by atoms with van der Waals surface area (Å²) in [5.41, 5.74) is 2.29. The van der Waals surface area contributed by atoms with Crippen LogP contribution in [0.3, 0.4) is 0 Å². The second-order valence-electron chi connectivity index (χ2n) is 6.49. The number of carbonyl (C=O) groups excluding carboxylic acids is 1. The number of unbranched alkanes of at least 4 members (excludes halogenated alkanes) is 1. The van der Waals surface area contributed by atoms with Gasteiger partial charge in [0.1, 0.15) is 0 Å². The van der Waals surface area contributed by atoms with E-state index in [2.05, 4.69) is 14.7 Å². The molecule has 0 spiro atoms. The number of aromatic nitrogens is 2. The standard InChI is InChI=1S/C17H24N4O3S/c1-2-3-10-25(23,24)20-14-6-8-21(9-7-14)17(22)13-4-5-15-16(11-13)19-12-18-15/h4-5,11-12,14,20H,2-3,6-10H2,1H3,(H,18,19). The van der Waals surface area contributed by atoms with Crippen molar-refractivity contribution >= 4 is 27.0 Å². The monoisotopic (exact) mass is 364 g/mol. The maximum Gasteiger partial charge on any atom is 0.253 e. The average Bonchev–Trinajstić information content (AvgIpc) is 3.07. The fraction of sp³-hybridized carbons (Fsp3) is 0.529. The highest BCUT2D eigenvalue weighted by atomic mass is 32.2. The fourth-order valence-electron chi connectivity index (χ4n) is 3.10. The molecule has 1 saturated heterocycles. The Morgan fingerprint density at radius 3 is 2.84 bits per heavy atom. The molecule has 1 aromatic carbocycles. The molecule has 136 valence electrons. The molecule has 0 atom stereocenters. The van der Waals surface area contributed by atoms with Crippen LogP contribution in [0.15, 0.2) is 24.5 Å². The van der Waals surface area contributed by atoms with Gasteiger partial charge in [0.2, 0.25) is 10.0 Å². The third kappa shape index (κ3) is 4.38. The summed E-state index contributed by atoms with van der Waals surface area (Å²) in [6.45, 7) is 3.09. The van der Waals surface area contributed by atoms with Gasteiger partial charge < -0.3 is 9.88 Å². The van der Waals surface area contributed by atoms with Gasteiger partial charge in [0.05, 0.1) is 23.1 Å². The van der Waals surface area contributed by atoms with E-state index in [0.717, 1.165) is 17.5 Å². The Morgan fingerprint density at radius 1 is 1.36 bits per heavy atom. The summed E-state index contributed by atoms with van der Waals surface area (Å²) in [5, 5.41) is 0. The highest BCUT2D eigenvalue weighted by molar-refractivity contribution is 7.89. The molecule has 2 N–H and O–H groups in total. The number of sulfonamides is 1. The van der Waals surface area contributed by atoms with Crippen molar-refractivity contribution in [1.29, 1.82) is 0 Å². The van der Waals surface area contributed by atoms with Gasteiger partial charge in [0, 0.05) is 24.7 Å². The van der Waals surface area contributed by atoms with E-state index in [1.54, 1.807) is 17.3 Å². The lowest BCUT2D eigenvalue weighted by molar-refractivity contribution is 0.0711. The molecule has 0 aliphatic carbocycles. The maximum absolute atomic E-state index is 12.7. The molecular formula is C17H24N4O3S. The first-order valence-corrected chi connectivity index (χ1v) is 10.4. The zero-order chi connectivity index (χ0) is 17.9. The number of likely N-dealkylation sites (tertiary alicyclic amines) is 1. The molecular weight excluding hydrogens is 340 g/mol. The molecule has 1 fully saturated rings. The predicted octanol–water partition coefficient (Wildman–Crippen LogP) is 1.89. The van der Waals surface area contributed by atoms with Crippen LogP contribution in [0.4, 0.5) is 0 Å². The lowest BCUT2D eigenvalue weighted by atomic mass is 10.0. The molecule has 0 unspecified atom stereocenters. The van der Waals surface area contributed by atoms with Crippen molar-refractivity contribution in [2.24, 2.45) is 0 Å². The maximum atomic E-state index is 12.7. The van der Waals surface area contributed by atoms with Gasteiger partial charge in [-0.25, -0.2) is 18.1 Å². The predicted molar refractivity (Wildman–Crippen MR) is 96.8 cm³/mol. The molecule has 0 saturated carbocycles. The number of H-pyrrole nitrogens is 1. The molecule has 1 aliphatic heterocycles. The van der Waals surface area contributed by atoms with E-state index < -0.39 is 10.0 Å². The Hall–Kier alpha value is -1.93. The highest BCUT2D eigenvalue weighted by Crippen LogP contribution is 2.17. The highest BCUT2D eigenvalue weighted by Gasteiger charge is 2.26. The van der Waals surface area contributed by atoms with Gasteiger partial charge in [-0.15, -0.1) is 0 Å². The van der Waals surface area contributed by atoms with Crippen LogP contribution in [-0.2, 0) is 10.0 Å². The lowest BCUT2D eigenvalue weighted by Crippen LogP contribution is -2.47. The van der Waals surface area contributed by atoms with E-state index in [-0.39, 0.29) is 17.7 Å². The Kier molecular flexibility index (Phi) is 5.39. The van der Waals surface area contributed by atoms with Crippen LogP contribution in [0.5, 0.6) is 0 Å². The first-order valence-electron chi connectivity index (χ1n) is 8.71. The van der Waals surface area contributed by atoms with Crippen molar-refractivity contribution in [3.63, 3.8) is 0 Å². The number of aromatic amines is 1. The average molecular weight is 364 g/mol. The van der Waals surface area contributed by atoms with Gasteiger partial charge in [-0.1, -0.05) is 13.3 Å². The van der Waals surface area contributed by atoms with Gasteiger partial charge >= 0.3 is 0 Å². The van der Waals surface area contributed by atoms with E-state index in [1.807, 2.05) is 19.1 Å². The molecule has 2 aromatic rings. The number of nitrogens with one attached hydrogen (secondary N) is 2. The second kappa shape index (κ2) is 7.53. The van der Waals surface area contributed by atoms with Crippen molar-refractivity contribution < 1.29 is 13.2 Å². The largest absolute Gasteiger partial charge is 0.345 e. The number of hydrogen-bond acceptors (Lipinski definition) is 4. The summed E-state index contributed by atoms with van der Waals surface area (Å²) in [5.74, 6) is 0.149. The summed E-state index contributed by atoms with van der Waals surface area (Å²) in [7, 11) is -3.22. The first-order chi connectivity index (χ1) is 12.0. The zero-order valence-corrected chi connectivity index (χ0v) is 15.2. The molecule has 1 aromatic heterocycles. The number of amides is 1. The van der Waals surface area contributed by atoms with Gasteiger partial charge in [-0.05, 0) is 37.5 Å². The summed E-state index contributed by atoms with van der Waals surface area (Å²) < 4.78 is 26.8. The summed E-state index contributed by atoms with van der Waals surface area (Å²) in [4.78, 5) is 21.6. The number of imidazole rings is 1. The van der Waals surface area contributed by atoms with Crippen molar-refractivity contribution in [3.8, 4) is 0 Å². The van der Waals surface area contributed by atoms with Gasteiger partial charge in [0.15, 0.2) is 0 Å². The third-order valence-corrected chi connectivity index (χ3v) is 6.08.